The third-order valence-electron chi connectivity index (χ3n) is 6.41. The highest BCUT2D eigenvalue weighted by atomic mass is 16.5. The van der Waals surface area contributed by atoms with Gasteiger partial charge in [0, 0.05) is 20.0 Å². The molecule has 0 N–H and O–H groups in total. The first-order chi connectivity index (χ1) is 16.0. The van der Waals surface area contributed by atoms with E-state index in [1.807, 2.05) is 55.2 Å². The van der Waals surface area contributed by atoms with Crippen LogP contribution in [0.15, 0.2) is 36.5 Å². The molecule has 1 aromatic heterocycles. The molecular formula is C27H38N4O2. The monoisotopic (exact) mass is 450 g/mol. The molecule has 3 rings (SSSR count). The number of carbonyl (C=O) groups excluding carboxylic acids is 1. The van der Waals surface area contributed by atoms with Crippen molar-refractivity contribution in [2.75, 3.05) is 7.05 Å². The van der Waals surface area contributed by atoms with E-state index >= 15 is 0 Å². The summed E-state index contributed by atoms with van der Waals surface area (Å²) in [4.78, 5) is 14.7. The highest BCUT2D eigenvalue weighted by molar-refractivity contribution is 5.78. The first kappa shape index (κ1) is 25.0. The fourth-order valence-electron chi connectivity index (χ4n) is 4.37. The number of hydrogen-bond donors (Lipinski definition) is 0. The van der Waals surface area contributed by atoms with Crippen LogP contribution in [0.25, 0.3) is 0 Å². The molecule has 4 atom stereocenters. The number of aromatic nitrogens is 3. The lowest BCUT2D eigenvalue weighted by molar-refractivity contribution is -0.139. The molecule has 2 aromatic rings. The summed E-state index contributed by atoms with van der Waals surface area (Å²) in [5.74, 6) is 6.29. The van der Waals surface area contributed by atoms with Crippen molar-refractivity contribution >= 4 is 5.91 Å². The molecule has 6 heteroatoms. The second-order valence-electron chi connectivity index (χ2n) is 9.27. The number of amides is 1. The lowest BCUT2D eigenvalue weighted by Gasteiger charge is -2.26. The van der Waals surface area contributed by atoms with Gasteiger partial charge in [-0.3, -0.25) is 4.79 Å². The van der Waals surface area contributed by atoms with Crippen molar-refractivity contribution in [1.29, 1.82) is 0 Å². The Morgan fingerprint density at radius 2 is 2.03 bits per heavy atom. The molecule has 178 valence electrons. The summed E-state index contributed by atoms with van der Waals surface area (Å²) < 4.78 is 8.19. The normalized spacial score (nSPS) is 19.5. The number of hydrogen-bond acceptors (Lipinski definition) is 4. The molecular weight excluding hydrogens is 412 g/mol. The second kappa shape index (κ2) is 12.6. The number of ether oxygens (including phenoxy) is 1. The van der Waals surface area contributed by atoms with Gasteiger partial charge in [-0.05, 0) is 44.1 Å². The van der Waals surface area contributed by atoms with Gasteiger partial charge in [-0.25, -0.2) is 4.68 Å². The van der Waals surface area contributed by atoms with Gasteiger partial charge in [-0.2, -0.15) is 0 Å². The van der Waals surface area contributed by atoms with Crippen LogP contribution in [0.4, 0.5) is 0 Å². The molecule has 0 saturated carbocycles. The Morgan fingerprint density at radius 1 is 1.24 bits per heavy atom. The molecule has 1 fully saturated rings. The average molecular weight is 451 g/mol. The van der Waals surface area contributed by atoms with Gasteiger partial charge in [0.1, 0.15) is 0 Å². The van der Waals surface area contributed by atoms with E-state index in [-0.39, 0.29) is 30.1 Å². The summed E-state index contributed by atoms with van der Waals surface area (Å²) in [5, 5.41) is 8.46. The van der Waals surface area contributed by atoms with Crippen molar-refractivity contribution < 1.29 is 9.53 Å². The zero-order chi connectivity index (χ0) is 23.6. The highest BCUT2D eigenvalue weighted by Gasteiger charge is 2.35. The van der Waals surface area contributed by atoms with Gasteiger partial charge in [0.25, 0.3) is 0 Å². The van der Waals surface area contributed by atoms with Crippen LogP contribution in [0.1, 0.15) is 83.0 Å². The Balaban J connectivity index is 1.46. The van der Waals surface area contributed by atoms with Crippen molar-refractivity contribution in [3.63, 3.8) is 0 Å². The molecule has 1 amide bonds. The molecule has 1 aliphatic rings. The smallest absolute Gasteiger partial charge is 0.228 e. The summed E-state index contributed by atoms with van der Waals surface area (Å²) in [7, 11) is 1.87. The maximum atomic E-state index is 12.9. The van der Waals surface area contributed by atoms with Crippen molar-refractivity contribution in [3.8, 4) is 11.8 Å². The molecule has 0 aliphatic carbocycles. The molecule has 1 saturated heterocycles. The molecule has 6 nitrogen and oxygen atoms in total. The molecule has 33 heavy (non-hydrogen) atoms. The molecule has 1 aromatic carbocycles. The molecule has 1 aliphatic heterocycles. The van der Waals surface area contributed by atoms with E-state index in [2.05, 4.69) is 36.0 Å². The van der Waals surface area contributed by atoms with Crippen LogP contribution in [-0.4, -0.2) is 45.1 Å². The van der Waals surface area contributed by atoms with Gasteiger partial charge >= 0.3 is 0 Å². The van der Waals surface area contributed by atoms with Crippen LogP contribution >= 0.6 is 0 Å². The molecule has 2 heterocycles. The summed E-state index contributed by atoms with van der Waals surface area (Å²) in [6, 6.07) is 10.3. The second-order valence-corrected chi connectivity index (χ2v) is 9.27. The Hall–Kier alpha value is -2.65. The minimum Gasteiger partial charge on any atom is -0.374 e. The van der Waals surface area contributed by atoms with Crippen LogP contribution in [0.2, 0.25) is 0 Å². The fraction of sp³-hybridized carbons (Fsp3) is 0.593. The maximum Gasteiger partial charge on any atom is 0.228 e. The number of benzene rings is 1. The molecule has 0 radical (unpaired) electrons. The van der Waals surface area contributed by atoms with Gasteiger partial charge in [0.2, 0.25) is 5.91 Å². The Bertz CT molecular complexity index is 930. The first-order valence-electron chi connectivity index (χ1n) is 12.3. The lowest BCUT2D eigenvalue weighted by atomic mass is 9.99. The van der Waals surface area contributed by atoms with Crippen LogP contribution < -0.4 is 0 Å². The zero-order valence-electron chi connectivity index (χ0n) is 20.5. The average Bonchev–Trinajstić information content (AvgIpc) is 3.48. The van der Waals surface area contributed by atoms with Crippen molar-refractivity contribution in [3.05, 3.63) is 47.8 Å². The number of nitrogens with zero attached hydrogens (tertiary/aromatic N) is 4. The fourth-order valence-corrected chi connectivity index (χ4v) is 4.37. The SMILES string of the molecule is CCCCCC#Cc1cn([C@H](C)C[C@@H]2CC[C@H]([C@@H](C)C(=O)N(C)Cc3ccccc3)O2)nn1. The van der Waals surface area contributed by atoms with E-state index in [9.17, 15) is 4.79 Å². The zero-order valence-corrected chi connectivity index (χ0v) is 20.5. The quantitative estimate of drug-likeness (QED) is 0.377. The van der Waals surface area contributed by atoms with Crippen LogP contribution in [0, 0.1) is 17.8 Å². The van der Waals surface area contributed by atoms with Crippen LogP contribution in [0.5, 0.6) is 0 Å². The van der Waals surface area contributed by atoms with E-state index in [1.54, 1.807) is 4.90 Å². The van der Waals surface area contributed by atoms with E-state index in [1.165, 1.54) is 12.8 Å². The standard InChI is InChI=1S/C27H38N4O2/c1-5-6-7-8-12-15-24-20-31(29-28-24)21(2)18-25-16-17-26(33-25)22(3)27(32)30(4)19-23-13-10-9-11-14-23/h9-11,13-14,20-22,25-26H,5-8,16-19H2,1-4H3/t21-,22-,25+,26-/m1/s1. The van der Waals surface area contributed by atoms with Gasteiger partial charge in [-0.1, -0.05) is 68.2 Å². The molecule has 0 bridgehead atoms. The largest absolute Gasteiger partial charge is 0.374 e. The summed E-state index contributed by atoms with van der Waals surface area (Å²) >= 11 is 0. The third kappa shape index (κ3) is 7.43. The first-order valence-corrected chi connectivity index (χ1v) is 12.3. The van der Waals surface area contributed by atoms with Gasteiger partial charge in [0.15, 0.2) is 5.69 Å². The van der Waals surface area contributed by atoms with E-state index < -0.39 is 0 Å². The number of unbranched alkanes of at least 4 members (excludes halogenated alkanes) is 3. The van der Waals surface area contributed by atoms with E-state index in [0.717, 1.165) is 43.4 Å². The van der Waals surface area contributed by atoms with Crippen molar-refractivity contribution in [2.45, 2.75) is 90.5 Å². The minimum atomic E-state index is -0.153. The predicted molar refractivity (Wildman–Crippen MR) is 130 cm³/mol. The number of carbonyl (C=O) groups is 1. The third-order valence-corrected chi connectivity index (χ3v) is 6.41. The van der Waals surface area contributed by atoms with Crippen molar-refractivity contribution in [1.82, 2.24) is 19.9 Å². The Morgan fingerprint density at radius 3 is 2.79 bits per heavy atom. The van der Waals surface area contributed by atoms with Gasteiger partial charge < -0.3 is 9.64 Å². The summed E-state index contributed by atoms with van der Waals surface area (Å²) in [6.07, 6.45) is 9.22. The summed E-state index contributed by atoms with van der Waals surface area (Å²) in [5.41, 5.74) is 1.86. The van der Waals surface area contributed by atoms with Crippen molar-refractivity contribution in [2.24, 2.45) is 5.92 Å². The molecule has 0 spiro atoms. The Kier molecular flexibility index (Phi) is 9.50. The topological polar surface area (TPSA) is 60.2 Å². The minimum absolute atomic E-state index is 0.0341. The molecule has 0 unspecified atom stereocenters. The van der Waals surface area contributed by atoms with Crippen LogP contribution in [0.3, 0.4) is 0 Å². The Labute approximate surface area is 198 Å². The van der Waals surface area contributed by atoms with E-state index in [0.29, 0.717) is 6.54 Å². The highest BCUT2D eigenvalue weighted by Crippen LogP contribution is 2.31. The predicted octanol–water partition coefficient (Wildman–Crippen LogP) is 5.00. The van der Waals surface area contributed by atoms with E-state index in [4.69, 9.17) is 4.74 Å². The lowest BCUT2D eigenvalue weighted by Crippen LogP contribution is -2.37. The van der Waals surface area contributed by atoms with Crippen LogP contribution in [-0.2, 0) is 16.1 Å². The van der Waals surface area contributed by atoms with Gasteiger partial charge in [0.05, 0.1) is 30.4 Å². The summed E-state index contributed by atoms with van der Waals surface area (Å²) in [6.45, 7) is 6.93. The van der Waals surface area contributed by atoms with Gasteiger partial charge in [-0.15, -0.1) is 5.10 Å². The maximum absolute atomic E-state index is 12.9. The number of rotatable bonds is 10.